The number of amides is 2. The van der Waals surface area contributed by atoms with E-state index >= 15 is 0 Å². The van der Waals surface area contributed by atoms with Crippen LogP contribution in [0.2, 0.25) is 5.02 Å². The lowest BCUT2D eigenvalue weighted by Gasteiger charge is -2.31. The van der Waals surface area contributed by atoms with E-state index in [1.54, 1.807) is 23.1 Å². The van der Waals surface area contributed by atoms with Crippen molar-refractivity contribution >= 4 is 39.1 Å². The minimum Gasteiger partial charge on any atom is -0.354 e. The van der Waals surface area contributed by atoms with Crippen LogP contribution in [0.5, 0.6) is 0 Å². The van der Waals surface area contributed by atoms with Crippen molar-refractivity contribution in [3.63, 3.8) is 0 Å². The molecular weight excluding hydrogens is 498 g/mol. The van der Waals surface area contributed by atoms with Gasteiger partial charge in [-0.15, -0.1) is 0 Å². The molecule has 36 heavy (non-hydrogen) atoms. The smallest absolute Gasteiger partial charge is 0.242 e. The molecule has 0 radical (unpaired) electrons. The molecule has 1 atom stereocenters. The van der Waals surface area contributed by atoms with E-state index in [0.717, 1.165) is 29.4 Å². The van der Waals surface area contributed by atoms with Gasteiger partial charge in [-0.05, 0) is 61.9 Å². The summed E-state index contributed by atoms with van der Waals surface area (Å²) in [4.78, 5) is 28.0. The molecule has 0 saturated carbocycles. The molecule has 9 heteroatoms. The first-order valence-electron chi connectivity index (χ1n) is 12.3. The van der Waals surface area contributed by atoms with Crippen molar-refractivity contribution < 1.29 is 18.0 Å². The number of carbonyl (C=O) groups is 2. The lowest BCUT2D eigenvalue weighted by atomic mass is 10.1. The second kappa shape index (κ2) is 13.7. The van der Waals surface area contributed by atoms with E-state index in [1.165, 1.54) is 4.31 Å². The quantitative estimate of drug-likeness (QED) is 0.398. The fourth-order valence-corrected chi connectivity index (χ4v) is 5.27. The summed E-state index contributed by atoms with van der Waals surface area (Å²) in [5.41, 5.74) is 3.29. The van der Waals surface area contributed by atoms with E-state index in [2.05, 4.69) is 5.32 Å². The van der Waals surface area contributed by atoms with Gasteiger partial charge in [-0.1, -0.05) is 55.8 Å². The van der Waals surface area contributed by atoms with Crippen LogP contribution in [0, 0.1) is 13.8 Å². The number of anilines is 1. The van der Waals surface area contributed by atoms with Crippen molar-refractivity contribution in [3.8, 4) is 0 Å². The number of benzene rings is 2. The molecule has 7 nitrogen and oxygen atoms in total. The fraction of sp³-hybridized carbons (Fsp3) is 0.481. The average Bonchev–Trinajstić information content (AvgIpc) is 2.82. The molecule has 0 bridgehead atoms. The summed E-state index contributed by atoms with van der Waals surface area (Å²) in [5, 5.41) is 3.35. The predicted octanol–water partition coefficient (Wildman–Crippen LogP) is 4.84. The molecule has 2 rings (SSSR count). The molecule has 2 aromatic carbocycles. The maximum atomic E-state index is 13.5. The van der Waals surface area contributed by atoms with Crippen LogP contribution >= 0.6 is 11.6 Å². The van der Waals surface area contributed by atoms with Crippen LogP contribution < -0.4 is 9.62 Å². The van der Waals surface area contributed by atoms with Crippen molar-refractivity contribution in [2.24, 2.45) is 0 Å². The lowest BCUT2D eigenvalue weighted by Crippen LogP contribution is -2.49. The summed E-state index contributed by atoms with van der Waals surface area (Å²) >= 11 is 6.12. The zero-order chi connectivity index (χ0) is 26.9. The van der Waals surface area contributed by atoms with Crippen LogP contribution in [-0.4, -0.2) is 50.5 Å². The topological polar surface area (TPSA) is 86.8 Å². The third-order valence-corrected chi connectivity index (χ3v) is 7.54. The second-order valence-electron chi connectivity index (χ2n) is 9.03. The van der Waals surface area contributed by atoms with Gasteiger partial charge in [-0.2, -0.15) is 0 Å². The standard InChI is InChI=1S/C27H38ClN3O4S/c1-6-16-29-27(33)24(7-2)30(19-22-12-9-8-11-20(22)3)26(32)13-10-17-31(36(5,34)35)25-18-23(28)15-14-21(25)4/h8-9,11-12,14-15,18,24H,6-7,10,13,16-17,19H2,1-5H3,(H,29,33)/t24-/m1/s1. The molecule has 0 aliphatic carbocycles. The molecule has 0 heterocycles. The van der Waals surface area contributed by atoms with Crippen molar-refractivity contribution in [1.29, 1.82) is 0 Å². The zero-order valence-corrected chi connectivity index (χ0v) is 23.5. The number of rotatable bonds is 13. The minimum atomic E-state index is -3.59. The Morgan fingerprint density at radius 1 is 1.06 bits per heavy atom. The van der Waals surface area contributed by atoms with Gasteiger partial charge in [-0.3, -0.25) is 13.9 Å². The first-order valence-corrected chi connectivity index (χ1v) is 14.6. The van der Waals surface area contributed by atoms with Gasteiger partial charge >= 0.3 is 0 Å². The molecule has 2 aromatic rings. The van der Waals surface area contributed by atoms with Crippen molar-refractivity contribution in [2.45, 2.75) is 66.0 Å². The van der Waals surface area contributed by atoms with Gasteiger partial charge in [0.25, 0.3) is 0 Å². The van der Waals surface area contributed by atoms with Crippen molar-refractivity contribution in [1.82, 2.24) is 10.2 Å². The maximum Gasteiger partial charge on any atom is 0.242 e. The summed E-state index contributed by atoms with van der Waals surface area (Å²) in [5.74, 6) is -0.360. The third kappa shape index (κ3) is 8.23. The summed E-state index contributed by atoms with van der Waals surface area (Å²) < 4.78 is 26.4. The Morgan fingerprint density at radius 3 is 2.36 bits per heavy atom. The van der Waals surface area contributed by atoms with Crippen LogP contribution in [0.15, 0.2) is 42.5 Å². The molecule has 0 aromatic heterocycles. The van der Waals surface area contributed by atoms with Crippen LogP contribution in [0.3, 0.4) is 0 Å². The van der Waals surface area contributed by atoms with Gasteiger partial charge in [0.2, 0.25) is 21.8 Å². The first kappa shape index (κ1) is 29.6. The Bertz CT molecular complexity index is 1150. The third-order valence-electron chi connectivity index (χ3n) is 6.13. The largest absolute Gasteiger partial charge is 0.354 e. The molecule has 0 aliphatic heterocycles. The highest BCUT2D eigenvalue weighted by Gasteiger charge is 2.29. The van der Waals surface area contributed by atoms with Gasteiger partial charge in [0.1, 0.15) is 6.04 Å². The summed E-state index contributed by atoms with van der Waals surface area (Å²) in [6.07, 6.45) is 2.83. The van der Waals surface area contributed by atoms with Crippen molar-refractivity contribution in [3.05, 3.63) is 64.2 Å². The minimum absolute atomic E-state index is 0.106. The molecule has 0 spiro atoms. The Balaban J connectivity index is 2.25. The van der Waals surface area contributed by atoms with Crippen LogP contribution in [-0.2, 0) is 26.2 Å². The Kier molecular flexibility index (Phi) is 11.2. The number of hydrogen-bond donors (Lipinski definition) is 1. The van der Waals surface area contributed by atoms with Crippen LogP contribution in [0.1, 0.15) is 56.2 Å². The van der Waals surface area contributed by atoms with Crippen LogP contribution in [0.25, 0.3) is 0 Å². The average molecular weight is 536 g/mol. The molecule has 1 N–H and O–H groups in total. The SMILES string of the molecule is CCCNC(=O)[C@@H](CC)N(Cc1ccccc1C)C(=O)CCCN(c1cc(Cl)ccc1C)S(C)(=O)=O. The van der Waals surface area contributed by atoms with Gasteiger partial charge in [0, 0.05) is 31.1 Å². The van der Waals surface area contributed by atoms with E-state index in [4.69, 9.17) is 11.6 Å². The normalized spacial score (nSPS) is 12.2. The molecule has 2 amide bonds. The van der Waals surface area contributed by atoms with Gasteiger partial charge in [-0.25, -0.2) is 8.42 Å². The molecular formula is C27H38ClN3O4S. The van der Waals surface area contributed by atoms with Gasteiger partial charge < -0.3 is 10.2 Å². The number of halogens is 1. The number of hydrogen-bond acceptors (Lipinski definition) is 4. The van der Waals surface area contributed by atoms with E-state index in [-0.39, 0.29) is 24.8 Å². The number of nitrogens with one attached hydrogen (secondary N) is 1. The molecule has 198 valence electrons. The lowest BCUT2D eigenvalue weighted by molar-refractivity contribution is -0.141. The summed E-state index contributed by atoms with van der Waals surface area (Å²) in [6.45, 7) is 8.65. The second-order valence-corrected chi connectivity index (χ2v) is 11.4. The molecule has 0 fully saturated rings. The molecule has 0 aliphatic rings. The highest BCUT2D eigenvalue weighted by atomic mass is 35.5. The summed E-state index contributed by atoms with van der Waals surface area (Å²) in [6, 6.07) is 12.3. The number of sulfonamides is 1. The van der Waals surface area contributed by atoms with Gasteiger partial charge in [0.15, 0.2) is 0 Å². The first-order chi connectivity index (χ1) is 17.0. The van der Waals surface area contributed by atoms with Gasteiger partial charge in [0.05, 0.1) is 11.9 Å². The molecule has 0 unspecified atom stereocenters. The highest BCUT2D eigenvalue weighted by molar-refractivity contribution is 7.92. The Labute approximate surface area is 220 Å². The summed E-state index contributed by atoms with van der Waals surface area (Å²) in [7, 11) is -3.59. The fourth-order valence-electron chi connectivity index (χ4n) is 4.09. The Morgan fingerprint density at radius 2 is 1.75 bits per heavy atom. The highest BCUT2D eigenvalue weighted by Crippen LogP contribution is 2.27. The zero-order valence-electron chi connectivity index (χ0n) is 21.9. The van der Waals surface area contributed by atoms with E-state index in [9.17, 15) is 18.0 Å². The van der Waals surface area contributed by atoms with E-state index in [1.807, 2.05) is 52.0 Å². The maximum absolute atomic E-state index is 13.5. The van der Waals surface area contributed by atoms with E-state index in [0.29, 0.717) is 36.6 Å². The Hall–Kier alpha value is -2.58. The van der Waals surface area contributed by atoms with E-state index < -0.39 is 16.1 Å². The number of nitrogens with zero attached hydrogens (tertiary/aromatic N) is 2. The van der Waals surface area contributed by atoms with Crippen molar-refractivity contribution in [2.75, 3.05) is 23.7 Å². The molecule has 0 saturated heterocycles. The number of carbonyl (C=O) groups excluding carboxylic acids is 2. The predicted molar refractivity (Wildman–Crippen MR) is 147 cm³/mol. The monoisotopic (exact) mass is 535 g/mol. The number of aryl methyl sites for hydroxylation is 2. The van der Waals surface area contributed by atoms with Crippen LogP contribution in [0.4, 0.5) is 5.69 Å².